The first kappa shape index (κ1) is 35.0. The van der Waals surface area contributed by atoms with Crippen LogP contribution in [0.1, 0.15) is 91.0 Å². The second-order valence-corrected chi connectivity index (χ2v) is 16.8. The molecule has 3 saturated carbocycles. The van der Waals surface area contributed by atoms with E-state index in [-0.39, 0.29) is 35.6 Å². The molecular formula is C35H52N6O5S. The molecule has 47 heavy (non-hydrogen) atoms. The van der Waals surface area contributed by atoms with Crippen LogP contribution in [0.2, 0.25) is 0 Å². The summed E-state index contributed by atoms with van der Waals surface area (Å²) in [6.07, 6.45) is 11.0. The fraction of sp³-hybridized carbons (Fsp3) is 0.714. The molecule has 4 aliphatic rings. The van der Waals surface area contributed by atoms with E-state index in [2.05, 4.69) is 46.7 Å². The molecule has 1 aromatic rings. The average Bonchev–Trinajstić information content (AvgIpc) is 3.73. The maximum Gasteiger partial charge on any atom is 0.315 e. The second kappa shape index (κ2) is 13.7. The Hall–Kier alpha value is -3.28. The lowest BCUT2D eigenvalue weighted by Gasteiger charge is -2.40. The first-order valence-corrected chi connectivity index (χ1v) is 18.1. The third-order valence-electron chi connectivity index (χ3n) is 10.8. The van der Waals surface area contributed by atoms with Gasteiger partial charge in [-0.05, 0) is 47.8 Å². The molecule has 11 nitrogen and oxygen atoms in total. The predicted molar refractivity (Wildman–Crippen MR) is 180 cm³/mol. The van der Waals surface area contributed by atoms with Crippen molar-refractivity contribution in [3.8, 4) is 0 Å². The number of thiazole rings is 1. The average molecular weight is 669 g/mol. The summed E-state index contributed by atoms with van der Waals surface area (Å²) in [5, 5.41) is 14.6. The van der Waals surface area contributed by atoms with Gasteiger partial charge < -0.3 is 26.2 Å². The van der Waals surface area contributed by atoms with Crippen molar-refractivity contribution in [3.05, 3.63) is 29.2 Å². The number of piperidine rings is 1. The van der Waals surface area contributed by atoms with Gasteiger partial charge in [0, 0.05) is 36.6 Å². The number of nitrogens with zero attached hydrogens (tertiary/aromatic N) is 2. The Morgan fingerprint density at radius 1 is 1.11 bits per heavy atom. The summed E-state index contributed by atoms with van der Waals surface area (Å²) in [6, 6.07) is -3.07. The molecule has 0 aromatic carbocycles. The van der Waals surface area contributed by atoms with Gasteiger partial charge in [0.1, 0.15) is 12.1 Å². The van der Waals surface area contributed by atoms with Crippen molar-refractivity contribution in [1.29, 1.82) is 0 Å². The van der Waals surface area contributed by atoms with Crippen molar-refractivity contribution in [2.75, 3.05) is 13.1 Å². The summed E-state index contributed by atoms with van der Waals surface area (Å²) in [5.74, 6) is -1.87. The van der Waals surface area contributed by atoms with Gasteiger partial charge in [-0.25, -0.2) is 9.78 Å². The van der Waals surface area contributed by atoms with E-state index in [1.165, 1.54) is 6.08 Å². The third kappa shape index (κ3) is 7.90. The smallest absolute Gasteiger partial charge is 0.315 e. The van der Waals surface area contributed by atoms with Crippen LogP contribution in [0.25, 0.3) is 0 Å². The van der Waals surface area contributed by atoms with Gasteiger partial charge in [0.2, 0.25) is 17.6 Å². The highest BCUT2D eigenvalue weighted by Crippen LogP contribution is 2.65. The first-order valence-electron chi connectivity index (χ1n) is 17.2. The number of urea groups is 1. The zero-order valence-electron chi connectivity index (χ0n) is 28.5. The lowest BCUT2D eigenvalue weighted by atomic mass is 9.79. The van der Waals surface area contributed by atoms with E-state index in [0.717, 1.165) is 50.0 Å². The highest BCUT2D eigenvalue weighted by molar-refractivity contribution is 7.09. The fourth-order valence-corrected chi connectivity index (χ4v) is 8.59. The molecule has 0 radical (unpaired) electrons. The number of carbonyl (C=O) groups is 5. The fourth-order valence-electron chi connectivity index (χ4n) is 7.83. The molecule has 0 bridgehead atoms. The molecule has 1 aromatic heterocycles. The van der Waals surface area contributed by atoms with Gasteiger partial charge in [-0.2, -0.15) is 0 Å². The lowest BCUT2D eigenvalue weighted by molar-refractivity contribution is -0.145. The van der Waals surface area contributed by atoms with E-state index in [1.807, 2.05) is 26.2 Å². The molecular weight excluding hydrogens is 616 g/mol. The minimum absolute atomic E-state index is 0.0871. The quantitative estimate of drug-likeness (QED) is 0.186. The molecule has 258 valence electrons. The Morgan fingerprint density at radius 2 is 1.81 bits per heavy atom. The molecule has 5 rings (SSSR count). The first-order chi connectivity index (χ1) is 22.2. The summed E-state index contributed by atoms with van der Waals surface area (Å²) < 4.78 is 0. The number of rotatable bonds is 13. The summed E-state index contributed by atoms with van der Waals surface area (Å²) in [7, 11) is 0. The van der Waals surface area contributed by atoms with Gasteiger partial charge in [-0.1, -0.05) is 72.8 Å². The molecule has 3 aliphatic carbocycles. The molecule has 1 saturated heterocycles. The number of carbonyl (C=O) groups excluding carboxylic acids is 5. The minimum atomic E-state index is -0.968. The Labute approximate surface area is 282 Å². The normalized spacial score (nSPS) is 25.5. The largest absolute Gasteiger partial charge is 0.346 e. The van der Waals surface area contributed by atoms with Gasteiger partial charge >= 0.3 is 6.03 Å². The van der Waals surface area contributed by atoms with E-state index >= 15 is 0 Å². The van der Waals surface area contributed by atoms with Crippen LogP contribution in [-0.4, -0.2) is 76.2 Å². The Bertz CT molecular complexity index is 1360. The molecule has 5 atom stereocenters. The van der Waals surface area contributed by atoms with Crippen LogP contribution in [-0.2, 0) is 25.6 Å². The lowest BCUT2D eigenvalue weighted by Crippen LogP contribution is -2.63. The van der Waals surface area contributed by atoms with Crippen LogP contribution < -0.4 is 21.3 Å². The van der Waals surface area contributed by atoms with Gasteiger partial charge in [-0.3, -0.25) is 19.2 Å². The number of amides is 5. The molecule has 12 heteroatoms. The van der Waals surface area contributed by atoms with E-state index in [4.69, 9.17) is 0 Å². The topological polar surface area (TPSA) is 150 Å². The maximum atomic E-state index is 14.4. The summed E-state index contributed by atoms with van der Waals surface area (Å²) >= 11 is 1.58. The molecule has 1 aliphatic heterocycles. The molecule has 4 N–H and O–H groups in total. The van der Waals surface area contributed by atoms with Crippen molar-refractivity contribution >= 4 is 40.9 Å². The predicted octanol–water partition coefficient (Wildman–Crippen LogP) is 3.74. The second-order valence-electron chi connectivity index (χ2n) is 15.8. The van der Waals surface area contributed by atoms with Crippen LogP contribution in [0.15, 0.2) is 24.2 Å². The summed E-state index contributed by atoms with van der Waals surface area (Å²) in [4.78, 5) is 74.0. The number of hydrogen-bond acceptors (Lipinski definition) is 7. The summed E-state index contributed by atoms with van der Waals surface area (Å²) in [6.45, 7) is 14.0. The molecule has 5 amide bonds. The minimum Gasteiger partial charge on any atom is -0.346 e. The van der Waals surface area contributed by atoms with Crippen LogP contribution in [0.4, 0.5) is 4.79 Å². The van der Waals surface area contributed by atoms with Gasteiger partial charge in [0.15, 0.2) is 0 Å². The zero-order valence-corrected chi connectivity index (χ0v) is 29.3. The van der Waals surface area contributed by atoms with Crippen molar-refractivity contribution in [1.82, 2.24) is 31.2 Å². The Kier molecular flexibility index (Phi) is 10.2. The van der Waals surface area contributed by atoms with E-state index in [1.54, 1.807) is 22.4 Å². The van der Waals surface area contributed by atoms with Gasteiger partial charge in [-0.15, -0.1) is 17.9 Å². The number of ketones is 1. The number of hydrogen-bond donors (Lipinski definition) is 4. The highest BCUT2D eigenvalue weighted by atomic mass is 32.1. The third-order valence-corrected chi connectivity index (χ3v) is 11.6. The number of likely N-dealkylation sites (tertiary alicyclic amines) is 1. The Morgan fingerprint density at radius 3 is 2.40 bits per heavy atom. The van der Waals surface area contributed by atoms with Crippen molar-refractivity contribution in [3.63, 3.8) is 0 Å². The maximum absolute atomic E-state index is 14.4. The van der Waals surface area contributed by atoms with Crippen LogP contribution in [0.5, 0.6) is 0 Å². The number of aromatic nitrogens is 1. The standard InChI is InChI=1S/C35H52N6O5S/c1-7-15-37-30(44)27(42)23(18-21-11-12-21)38-29(43)26-25-22(34(25,5)6)20-41(26)31(45)28(33(2,3)4)39-32(46)40-35(13-9-8-10-14-35)19-24-36-16-17-47-24/h7,16-17,21-23,25-26,28H,1,8-15,18-20H2,2-6H3,(H,37,44)(H,38,43)(H2,39,40,46)/t22-,23?,25-,26-,28+/m0/s1. The molecule has 2 heterocycles. The van der Waals surface area contributed by atoms with Crippen LogP contribution in [0.3, 0.4) is 0 Å². The van der Waals surface area contributed by atoms with E-state index in [0.29, 0.717) is 19.4 Å². The van der Waals surface area contributed by atoms with E-state index < -0.39 is 52.7 Å². The molecule has 1 unspecified atom stereocenters. The van der Waals surface area contributed by atoms with Crippen LogP contribution in [0, 0.1) is 28.6 Å². The van der Waals surface area contributed by atoms with Crippen LogP contribution >= 0.6 is 11.3 Å². The van der Waals surface area contributed by atoms with Gasteiger partial charge in [0.05, 0.1) is 11.0 Å². The highest BCUT2D eigenvalue weighted by Gasteiger charge is 2.70. The number of fused-ring (bicyclic) bond motifs is 1. The van der Waals surface area contributed by atoms with Crippen molar-refractivity contribution < 1.29 is 24.0 Å². The number of nitrogens with one attached hydrogen (secondary N) is 4. The summed E-state index contributed by atoms with van der Waals surface area (Å²) in [5.41, 5.74) is -1.24. The molecule has 0 spiro atoms. The molecule has 4 fully saturated rings. The van der Waals surface area contributed by atoms with Crippen molar-refractivity contribution in [2.45, 2.75) is 116 Å². The zero-order chi connectivity index (χ0) is 34.1. The monoisotopic (exact) mass is 668 g/mol. The Balaban J connectivity index is 1.33. The van der Waals surface area contributed by atoms with Gasteiger partial charge in [0.25, 0.3) is 5.91 Å². The van der Waals surface area contributed by atoms with E-state index in [9.17, 15) is 24.0 Å². The SMILES string of the molecule is C=CCNC(=O)C(=O)C(CC1CC1)NC(=O)[C@@H]1[C@@H]2[C@H](CN1C(=O)[C@@H](NC(=O)NC1(Cc3nccs3)CCCCC1)C(C)(C)C)C2(C)C. The van der Waals surface area contributed by atoms with Crippen molar-refractivity contribution in [2.24, 2.45) is 28.6 Å². The number of Topliss-reactive ketones (excluding diaryl/α,β-unsaturated/α-hetero) is 1.